The molecule has 1 fully saturated rings. The van der Waals surface area contributed by atoms with Crippen molar-refractivity contribution in [2.45, 2.75) is 48.6 Å². The second-order valence-corrected chi connectivity index (χ2v) is 8.49. The summed E-state index contributed by atoms with van der Waals surface area (Å²) in [6.07, 6.45) is 5.82. The van der Waals surface area contributed by atoms with Crippen LogP contribution in [0.5, 0.6) is 0 Å². The van der Waals surface area contributed by atoms with Crippen LogP contribution >= 0.6 is 11.3 Å². The van der Waals surface area contributed by atoms with E-state index in [1.165, 1.54) is 30.6 Å². The minimum absolute atomic E-state index is 0.288. The largest absolute Gasteiger partial charge is 0.399 e. The van der Waals surface area contributed by atoms with E-state index in [1.54, 1.807) is 0 Å². The highest BCUT2D eigenvalue weighted by Crippen LogP contribution is 2.34. The van der Waals surface area contributed by atoms with E-state index in [1.807, 2.05) is 18.2 Å². The fourth-order valence-electron chi connectivity index (χ4n) is 2.90. The lowest BCUT2D eigenvalue weighted by molar-refractivity contribution is 0.353. The van der Waals surface area contributed by atoms with Crippen molar-refractivity contribution in [3.05, 3.63) is 18.2 Å². The molecule has 1 aliphatic rings. The summed E-state index contributed by atoms with van der Waals surface area (Å²) in [5.41, 5.74) is 7.44. The maximum Gasteiger partial charge on any atom is 0.182 e. The Morgan fingerprint density at radius 2 is 2.10 bits per heavy atom. The molecule has 0 aliphatic heterocycles. The lowest BCUT2D eigenvalue weighted by Gasteiger charge is -2.26. The minimum Gasteiger partial charge on any atom is -0.399 e. The molecule has 1 unspecified atom stereocenters. The average molecular weight is 308 g/mol. The molecule has 1 aliphatic carbocycles. The van der Waals surface area contributed by atoms with Crippen molar-refractivity contribution in [1.82, 2.24) is 4.98 Å². The lowest BCUT2D eigenvalue weighted by Crippen LogP contribution is -2.22. The standard InChI is InChI=1S/C15H20N2OS2/c1-2-10-3-6-12(7-4-10)20(18)15-17-13-8-5-11(16)9-14(13)19-15/h5,8-10,12H,2-4,6-7,16H2,1H3. The molecule has 2 N–H and O–H groups in total. The van der Waals surface area contributed by atoms with Crippen molar-refractivity contribution in [2.75, 3.05) is 5.73 Å². The van der Waals surface area contributed by atoms with Crippen LogP contribution in [0.15, 0.2) is 22.5 Å². The Balaban J connectivity index is 1.79. The zero-order valence-electron chi connectivity index (χ0n) is 11.7. The molecule has 0 radical (unpaired) electrons. The number of hydrogen-bond donors (Lipinski definition) is 1. The number of benzene rings is 1. The maximum atomic E-state index is 12.7. The van der Waals surface area contributed by atoms with Crippen LogP contribution in [-0.2, 0) is 10.8 Å². The lowest BCUT2D eigenvalue weighted by atomic mass is 9.87. The SMILES string of the molecule is CCC1CCC(S(=O)c2nc3ccc(N)cc3s2)CC1. The quantitative estimate of drug-likeness (QED) is 0.873. The molecule has 1 aromatic carbocycles. The number of aromatic nitrogens is 1. The highest BCUT2D eigenvalue weighted by molar-refractivity contribution is 7.88. The number of rotatable bonds is 3. The zero-order chi connectivity index (χ0) is 14.1. The first kappa shape index (κ1) is 14.0. The Hall–Kier alpha value is -0.940. The third-order valence-electron chi connectivity index (χ3n) is 4.24. The fraction of sp³-hybridized carbons (Fsp3) is 0.533. The zero-order valence-corrected chi connectivity index (χ0v) is 13.3. The van der Waals surface area contributed by atoms with Crippen LogP contribution in [0.2, 0.25) is 0 Å². The van der Waals surface area contributed by atoms with Crippen LogP contribution in [0.3, 0.4) is 0 Å². The predicted molar refractivity (Wildman–Crippen MR) is 86.5 cm³/mol. The molecule has 1 atom stereocenters. The summed E-state index contributed by atoms with van der Waals surface area (Å²) in [6.45, 7) is 2.25. The highest BCUT2D eigenvalue weighted by atomic mass is 32.2. The van der Waals surface area contributed by atoms with Crippen molar-refractivity contribution < 1.29 is 4.21 Å². The first-order valence-electron chi connectivity index (χ1n) is 7.24. The van der Waals surface area contributed by atoms with Crippen LogP contribution in [-0.4, -0.2) is 14.4 Å². The molecule has 3 nitrogen and oxygen atoms in total. The normalized spacial score (nSPS) is 24.9. The number of nitrogens with two attached hydrogens (primary N) is 1. The molecule has 0 amide bonds. The number of fused-ring (bicyclic) bond motifs is 1. The molecule has 0 bridgehead atoms. The Labute approximate surface area is 126 Å². The van der Waals surface area contributed by atoms with Crippen molar-refractivity contribution >= 4 is 38.0 Å². The van der Waals surface area contributed by atoms with Gasteiger partial charge in [-0.05, 0) is 49.8 Å². The van der Waals surface area contributed by atoms with Gasteiger partial charge in [0.1, 0.15) is 0 Å². The van der Waals surface area contributed by atoms with Crippen LogP contribution < -0.4 is 5.73 Å². The Morgan fingerprint density at radius 3 is 2.80 bits per heavy atom. The number of thiazole rings is 1. The molecular weight excluding hydrogens is 288 g/mol. The van der Waals surface area contributed by atoms with Gasteiger partial charge >= 0.3 is 0 Å². The van der Waals surface area contributed by atoms with Gasteiger partial charge in [-0.25, -0.2) is 4.98 Å². The molecular formula is C15H20N2OS2. The van der Waals surface area contributed by atoms with Gasteiger partial charge < -0.3 is 5.73 Å². The van der Waals surface area contributed by atoms with Gasteiger partial charge in [0.25, 0.3) is 0 Å². The van der Waals surface area contributed by atoms with Gasteiger partial charge in [-0.3, -0.25) is 4.21 Å². The third kappa shape index (κ3) is 2.74. The molecule has 1 heterocycles. The fourth-order valence-corrected chi connectivity index (χ4v) is 5.83. The van der Waals surface area contributed by atoms with Gasteiger partial charge in [0.2, 0.25) is 0 Å². The van der Waals surface area contributed by atoms with Crippen LogP contribution in [0.25, 0.3) is 10.2 Å². The van der Waals surface area contributed by atoms with E-state index in [0.717, 1.165) is 39.0 Å². The minimum atomic E-state index is -0.959. The van der Waals surface area contributed by atoms with E-state index < -0.39 is 10.8 Å². The molecule has 5 heteroatoms. The van der Waals surface area contributed by atoms with Crippen LogP contribution in [0.4, 0.5) is 5.69 Å². The highest BCUT2D eigenvalue weighted by Gasteiger charge is 2.27. The summed E-state index contributed by atoms with van der Waals surface area (Å²) in [6, 6.07) is 5.68. The van der Waals surface area contributed by atoms with E-state index >= 15 is 0 Å². The molecule has 0 spiro atoms. The topological polar surface area (TPSA) is 56.0 Å². The summed E-state index contributed by atoms with van der Waals surface area (Å²) in [4.78, 5) is 4.53. The summed E-state index contributed by atoms with van der Waals surface area (Å²) in [5, 5.41) is 0.288. The summed E-state index contributed by atoms with van der Waals surface area (Å²) in [7, 11) is -0.959. The second-order valence-electron chi connectivity index (χ2n) is 5.56. The Bertz CT molecular complexity index is 630. The van der Waals surface area contributed by atoms with Crippen molar-refractivity contribution in [3.8, 4) is 0 Å². The van der Waals surface area contributed by atoms with Gasteiger partial charge in [-0.2, -0.15) is 0 Å². The Kier molecular flexibility index (Phi) is 4.08. The van der Waals surface area contributed by atoms with Crippen molar-refractivity contribution in [2.24, 2.45) is 5.92 Å². The predicted octanol–water partition coefficient (Wildman–Crippen LogP) is 3.95. The average Bonchev–Trinajstić information content (AvgIpc) is 2.89. The summed E-state index contributed by atoms with van der Waals surface area (Å²) >= 11 is 1.53. The van der Waals surface area contributed by atoms with E-state index in [2.05, 4.69) is 11.9 Å². The van der Waals surface area contributed by atoms with Gasteiger partial charge in [0.05, 0.1) is 21.0 Å². The number of nitrogen functional groups attached to an aromatic ring is 1. The van der Waals surface area contributed by atoms with E-state index in [0.29, 0.717) is 0 Å². The summed E-state index contributed by atoms with van der Waals surface area (Å²) in [5.74, 6) is 0.832. The van der Waals surface area contributed by atoms with Crippen molar-refractivity contribution in [3.63, 3.8) is 0 Å². The van der Waals surface area contributed by atoms with E-state index in [-0.39, 0.29) is 5.25 Å². The molecule has 108 valence electrons. The van der Waals surface area contributed by atoms with Gasteiger partial charge in [0, 0.05) is 10.9 Å². The smallest absolute Gasteiger partial charge is 0.182 e. The van der Waals surface area contributed by atoms with E-state index in [4.69, 9.17) is 5.73 Å². The summed E-state index contributed by atoms with van der Waals surface area (Å²) < 4.78 is 14.5. The van der Waals surface area contributed by atoms with E-state index in [9.17, 15) is 4.21 Å². The van der Waals surface area contributed by atoms with Gasteiger partial charge in [-0.15, -0.1) is 11.3 Å². The second kappa shape index (κ2) is 5.82. The van der Waals surface area contributed by atoms with Crippen LogP contribution in [0, 0.1) is 5.92 Å². The monoisotopic (exact) mass is 308 g/mol. The molecule has 1 aromatic heterocycles. The van der Waals surface area contributed by atoms with Crippen LogP contribution in [0.1, 0.15) is 39.0 Å². The number of anilines is 1. The first-order valence-corrected chi connectivity index (χ1v) is 9.27. The molecule has 2 aromatic rings. The molecule has 20 heavy (non-hydrogen) atoms. The Morgan fingerprint density at radius 1 is 1.35 bits per heavy atom. The molecule has 1 saturated carbocycles. The molecule has 3 rings (SSSR count). The number of nitrogens with zero attached hydrogens (tertiary/aromatic N) is 1. The number of hydrogen-bond acceptors (Lipinski definition) is 4. The van der Waals surface area contributed by atoms with Gasteiger partial charge in [0.15, 0.2) is 4.34 Å². The first-order chi connectivity index (χ1) is 9.67. The molecule has 0 saturated heterocycles. The van der Waals surface area contributed by atoms with Crippen molar-refractivity contribution in [1.29, 1.82) is 0 Å². The maximum absolute atomic E-state index is 12.7. The van der Waals surface area contributed by atoms with Gasteiger partial charge in [-0.1, -0.05) is 13.3 Å². The third-order valence-corrected chi connectivity index (χ3v) is 7.31.